The van der Waals surface area contributed by atoms with Gasteiger partial charge in [0.15, 0.2) is 11.6 Å². The molecule has 2 heterocycles. The maximum Gasteiger partial charge on any atom is 0.424 e. The van der Waals surface area contributed by atoms with Crippen molar-refractivity contribution < 1.29 is 49.4 Å². The van der Waals surface area contributed by atoms with Crippen LogP contribution in [0.2, 0.25) is 0 Å². The summed E-state index contributed by atoms with van der Waals surface area (Å²) in [6, 6.07) is 7.53. The standard InChI is InChI=1S/C29H27F6N5O5S/c1-14-10-16-11-17(12-19(45-4)23(16)39-38-14)26(41)36-13-28(42,29(33,34)35)25-22(32)20(27(2,3)40-46(5,43)44)21(31)24(37-25)15-6-8-18(30)9-7-15/h6-12,40,42H,13H2,1-5H3,(H,36,41)/t28-/m1/s1. The molecule has 46 heavy (non-hydrogen) atoms. The molecule has 0 aliphatic rings. The normalized spacial score (nSPS) is 13.8. The average molecular weight is 672 g/mol. The van der Waals surface area contributed by atoms with Gasteiger partial charge in [0, 0.05) is 22.1 Å². The number of aryl methyl sites for hydroxylation is 1. The van der Waals surface area contributed by atoms with Gasteiger partial charge in [0.1, 0.15) is 28.5 Å². The number of nitrogens with one attached hydrogen (secondary N) is 2. The summed E-state index contributed by atoms with van der Waals surface area (Å²) in [6.45, 7) is 1.84. The SMILES string of the molecule is COc1cc(C(=O)NC[C@@](O)(c2nc(-c3ccc(F)cc3)c(F)c(C(C)(C)NS(C)(=O)=O)c2F)C(F)(F)F)cc2cc(C)nnc12. The Bertz CT molecular complexity index is 1940. The van der Waals surface area contributed by atoms with Gasteiger partial charge in [-0.3, -0.25) is 4.79 Å². The third kappa shape index (κ3) is 6.75. The van der Waals surface area contributed by atoms with E-state index in [1.54, 1.807) is 6.92 Å². The molecule has 4 rings (SSSR count). The molecule has 0 saturated carbocycles. The number of benzene rings is 2. The summed E-state index contributed by atoms with van der Waals surface area (Å²) in [5.41, 5.74) is -10.3. The molecular formula is C29H27F6N5O5S. The highest BCUT2D eigenvalue weighted by Crippen LogP contribution is 2.43. The second-order valence-electron chi connectivity index (χ2n) is 11.0. The zero-order valence-electron chi connectivity index (χ0n) is 24.8. The molecule has 0 aliphatic carbocycles. The number of nitrogens with zero attached hydrogens (tertiary/aromatic N) is 3. The summed E-state index contributed by atoms with van der Waals surface area (Å²) in [7, 11) is -2.95. The van der Waals surface area contributed by atoms with E-state index >= 15 is 8.78 Å². The Morgan fingerprint density at radius 3 is 2.20 bits per heavy atom. The second kappa shape index (κ2) is 12.1. The van der Waals surface area contributed by atoms with E-state index in [4.69, 9.17) is 4.74 Å². The number of carbonyl (C=O) groups is 1. The van der Waals surface area contributed by atoms with Crippen LogP contribution in [0.25, 0.3) is 22.2 Å². The van der Waals surface area contributed by atoms with E-state index < -0.39 is 74.2 Å². The van der Waals surface area contributed by atoms with E-state index in [2.05, 4.69) is 15.2 Å². The number of aliphatic hydroxyl groups is 1. The van der Waals surface area contributed by atoms with Crippen LogP contribution in [0.5, 0.6) is 5.75 Å². The number of amides is 1. The quantitative estimate of drug-likeness (QED) is 0.223. The van der Waals surface area contributed by atoms with Gasteiger partial charge in [-0.25, -0.2) is 31.3 Å². The zero-order chi connectivity index (χ0) is 34.4. The molecular weight excluding hydrogens is 644 g/mol. The Labute approximate surface area is 258 Å². The predicted octanol–water partition coefficient (Wildman–Crippen LogP) is 4.39. The van der Waals surface area contributed by atoms with Gasteiger partial charge in [-0.05, 0) is 63.2 Å². The first-order valence-corrected chi connectivity index (χ1v) is 15.1. The van der Waals surface area contributed by atoms with Gasteiger partial charge in [-0.2, -0.15) is 18.3 Å². The van der Waals surface area contributed by atoms with Crippen molar-refractivity contribution in [2.45, 2.75) is 38.1 Å². The molecule has 0 fully saturated rings. The molecule has 17 heteroatoms. The monoisotopic (exact) mass is 671 g/mol. The number of hydrogen-bond acceptors (Lipinski definition) is 8. The molecule has 2 aromatic carbocycles. The van der Waals surface area contributed by atoms with Gasteiger partial charge in [-0.15, -0.1) is 5.10 Å². The number of halogens is 6. The van der Waals surface area contributed by atoms with Crippen LogP contribution in [0.3, 0.4) is 0 Å². The molecule has 3 N–H and O–H groups in total. The number of ether oxygens (including phenoxy) is 1. The lowest BCUT2D eigenvalue weighted by atomic mass is 9.88. The molecule has 246 valence electrons. The van der Waals surface area contributed by atoms with Crippen molar-refractivity contribution in [1.82, 2.24) is 25.2 Å². The van der Waals surface area contributed by atoms with Crippen molar-refractivity contribution in [3.63, 3.8) is 0 Å². The van der Waals surface area contributed by atoms with Crippen LogP contribution < -0.4 is 14.8 Å². The predicted molar refractivity (Wildman–Crippen MR) is 154 cm³/mol. The minimum Gasteiger partial charge on any atom is -0.494 e. The van der Waals surface area contributed by atoms with Crippen molar-refractivity contribution in [3.8, 4) is 17.0 Å². The van der Waals surface area contributed by atoms with Gasteiger partial charge < -0.3 is 15.2 Å². The lowest BCUT2D eigenvalue weighted by molar-refractivity contribution is -0.266. The first kappa shape index (κ1) is 34.5. The molecule has 4 aromatic rings. The van der Waals surface area contributed by atoms with Gasteiger partial charge >= 0.3 is 6.18 Å². The molecule has 0 unspecified atom stereocenters. The Hall–Kier alpha value is -4.35. The number of hydrogen-bond donors (Lipinski definition) is 3. The van der Waals surface area contributed by atoms with Gasteiger partial charge in [0.2, 0.25) is 15.6 Å². The van der Waals surface area contributed by atoms with Crippen LogP contribution in [-0.2, 0) is 21.2 Å². The molecule has 0 bridgehead atoms. The van der Waals surface area contributed by atoms with Crippen LogP contribution in [0, 0.1) is 24.4 Å². The van der Waals surface area contributed by atoms with Crippen molar-refractivity contribution >= 4 is 26.8 Å². The summed E-state index contributed by atoms with van der Waals surface area (Å²) in [6.07, 6.45) is -5.09. The average Bonchev–Trinajstić information content (AvgIpc) is 2.93. The third-order valence-electron chi connectivity index (χ3n) is 6.89. The fourth-order valence-electron chi connectivity index (χ4n) is 4.82. The number of fused-ring (bicyclic) bond motifs is 1. The number of carbonyl (C=O) groups excluding carboxylic acids is 1. The highest BCUT2D eigenvalue weighted by molar-refractivity contribution is 7.88. The number of sulfonamides is 1. The maximum absolute atomic E-state index is 16.1. The van der Waals surface area contributed by atoms with Crippen molar-refractivity contribution in [2.75, 3.05) is 19.9 Å². The van der Waals surface area contributed by atoms with Crippen molar-refractivity contribution in [3.05, 3.63) is 82.4 Å². The number of aromatic nitrogens is 3. The summed E-state index contributed by atoms with van der Waals surface area (Å²) >= 11 is 0. The minimum atomic E-state index is -5.74. The number of methoxy groups -OCH3 is 1. The van der Waals surface area contributed by atoms with E-state index in [-0.39, 0.29) is 22.4 Å². The highest BCUT2D eigenvalue weighted by Gasteiger charge is 2.59. The molecule has 10 nitrogen and oxygen atoms in total. The molecule has 0 spiro atoms. The van der Waals surface area contributed by atoms with Crippen molar-refractivity contribution in [2.24, 2.45) is 0 Å². The Balaban J connectivity index is 1.89. The third-order valence-corrected chi connectivity index (χ3v) is 7.77. The summed E-state index contributed by atoms with van der Waals surface area (Å²) in [5, 5.41) is 21.3. The topological polar surface area (TPSA) is 143 Å². The molecule has 1 amide bonds. The second-order valence-corrected chi connectivity index (χ2v) is 12.7. The lowest BCUT2D eigenvalue weighted by Crippen LogP contribution is -2.53. The van der Waals surface area contributed by atoms with Crippen LogP contribution in [-0.4, -0.2) is 60.7 Å². The summed E-state index contributed by atoms with van der Waals surface area (Å²) in [4.78, 5) is 16.6. The van der Waals surface area contributed by atoms with Gasteiger partial charge in [0.25, 0.3) is 5.91 Å². The van der Waals surface area contributed by atoms with Crippen molar-refractivity contribution in [1.29, 1.82) is 0 Å². The number of pyridine rings is 1. The Kier molecular flexibility index (Phi) is 9.09. The van der Waals surface area contributed by atoms with E-state index in [0.717, 1.165) is 44.2 Å². The maximum atomic E-state index is 16.1. The van der Waals surface area contributed by atoms with E-state index in [1.807, 2.05) is 10.0 Å². The first-order chi connectivity index (χ1) is 21.2. The van der Waals surface area contributed by atoms with Crippen LogP contribution in [0.4, 0.5) is 26.3 Å². The first-order valence-electron chi connectivity index (χ1n) is 13.2. The Morgan fingerprint density at radius 1 is 1.00 bits per heavy atom. The molecule has 1 atom stereocenters. The smallest absolute Gasteiger partial charge is 0.424 e. The van der Waals surface area contributed by atoms with E-state index in [9.17, 15) is 35.9 Å². The highest BCUT2D eigenvalue weighted by atomic mass is 32.2. The molecule has 0 saturated heterocycles. The Morgan fingerprint density at radius 2 is 1.63 bits per heavy atom. The van der Waals surface area contributed by atoms with E-state index in [1.165, 1.54) is 19.2 Å². The zero-order valence-corrected chi connectivity index (χ0v) is 25.7. The number of rotatable bonds is 9. The summed E-state index contributed by atoms with van der Waals surface area (Å²) < 4.78 is 121. The fourth-order valence-corrected chi connectivity index (χ4v) is 5.85. The van der Waals surface area contributed by atoms with Gasteiger partial charge in [-0.1, -0.05) is 0 Å². The molecule has 0 radical (unpaired) electrons. The molecule has 2 aromatic heterocycles. The van der Waals surface area contributed by atoms with Crippen LogP contribution in [0.15, 0.2) is 42.5 Å². The van der Waals surface area contributed by atoms with Crippen LogP contribution in [0.1, 0.15) is 41.2 Å². The van der Waals surface area contributed by atoms with Crippen LogP contribution >= 0.6 is 0 Å². The molecule has 0 aliphatic heterocycles. The fraction of sp³-hybridized carbons (Fsp3) is 0.310. The number of alkyl halides is 3. The summed E-state index contributed by atoms with van der Waals surface area (Å²) in [5.74, 6) is -5.52. The lowest BCUT2D eigenvalue weighted by Gasteiger charge is -2.34. The minimum absolute atomic E-state index is 0.0571. The van der Waals surface area contributed by atoms with E-state index in [0.29, 0.717) is 17.3 Å². The largest absolute Gasteiger partial charge is 0.494 e. The van der Waals surface area contributed by atoms with Gasteiger partial charge in [0.05, 0.1) is 31.1 Å².